The van der Waals surface area contributed by atoms with E-state index in [0.717, 1.165) is 22.6 Å². The molecule has 0 bridgehead atoms. The average Bonchev–Trinajstić information content (AvgIpc) is 3.21. The predicted molar refractivity (Wildman–Crippen MR) is 99.9 cm³/mol. The smallest absolute Gasteiger partial charge is 0.244 e. The fraction of sp³-hybridized carbons (Fsp3) is 0.150. The van der Waals surface area contributed by atoms with E-state index in [1.165, 1.54) is 12.4 Å². The Kier molecular flexibility index (Phi) is 5.43. The van der Waals surface area contributed by atoms with Gasteiger partial charge in [0.15, 0.2) is 0 Å². The summed E-state index contributed by atoms with van der Waals surface area (Å²) < 4.78 is 6.80. The van der Waals surface area contributed by atoms with E-state index >= 15 is 0 Å². The Morgan fingerprint density at radius 2 is 1.88 bits per heavy atom. The van der Waals surface area contributed by atoms with Crippen molar-refractivity contribution < 1.29 is 9.53 Å². The zero-order valence-corrected chi connectivity index (χ0v) is 14.7. The first-order valence-corrected chi connectivity index (χ1v) is 8.23. The molecule has 1 atom stereocenters. The Hall–Kier alpha value is -3.41. The molecule has 1 unspecified atom stereocenters. The van der Waals surface area contributed by atoms with Gasteiger partial charge in [0, 0.05) is 6.08 Å². The molecule has 0 fully saturated rings. The molecule has 6 heteroatoms. The predicted octanol–water partition coefficient (Wildman–Crippen LogP) is 3.17. The second-order valence-corrected chi connectivity index (χ2v) is 5.77. The number of methoxy groups -OCH3 is 1. The number of aromatic nitrogens is 3. The van der Waals surface area contributed by atoms with Crippen LogP contribution in [0.4, 0.5) is 0 Å². The van der Waals surface area contributed by atoms with Gasteiger partial charge in [0.05, 0.1) is 18.8 Å². The van der Waals surface area contributed by atoms with E-state index < -0.39 is 0 Å². The van der Waals surface area contributed by atoms with Gasteiger partial charge in [-0.3, -0.25) is 4.79 Å². The minimum absolute atomic E-state index is 0.104. The van der Waals surface area contributed by atoms with E-state index in [1.807, 2.05) is 55.5 Å². The van der Waals surface area contributed by atoms with Crippen LogP contribution in [0, 0.1) is 0 Å². The molecule has 3 aromatic rings. The lowest BCUT2D eigenvalue weighted by atomic mass is 10.1. The minimum Gasteiger partial charge on any atom is -0.497 e. The zero-order chi connectivity index (χ0) is 18.4. The summed E-state index contributed by atoms with van der Waals surface area (Å²) >= 11 is 0. The molecule has 1 heterocycles. The highest BCUT2D eigenvalue weighted by atomic mass is 16.5. The number of hydrogen-bond donors (Lipinski definition) is 1. The number of carbonyl (C=O) groups excluding carboxylic acids is 1. The van der Waals surface area contributed by atoms with Gasteiger partial charge in [-0.2, -0.15) is 5.10 Å². The Morgan fingerprint density at radius 3 is 2.50 bits per heavy atom. The maximum Gasteiger partial charge on any atom is 0.244 e. The highest BCUT2D eigenvalue weighted by Gasteiger charge is 2.08. The minimum atomic E-state index is -0.145. The van der Waals surface area contributed by atoms with Crippen molar-refractivity contribution in [3.8, 4) is 11.4 Å². The summed E-state index contributed by atoms with van der Waals surface area (Å²) in [6.07, 6.45) is 6.44. The summed E-state index contributed by atoms with van der Waals surface area (Å²) in [6, 6.07) is 15.2. The van der Waals surface area contributed by atoms with Crippen LogP contribution in [-0.4, -0.2) is 27.8 Å². The van der Waals surface area contributed by atoms with Crippen LogP contribution in [0.3, 0.4) is 0 Å². The van der Waals surface area contributed by atoms with Gasteiger partial charge in [-0.05, 0) is 48.4 Å². The molecule has 0 aliphatic rings. The SMILES string of the molecule is COc1ccc(/C=C/C(=O)NC(C)c2ccc(-n3cncn3)cc2)cc1. The van der Waals surface area contributed by atoms with E-state index in [9.17, 15) is 4.79 Å². The van der Waals surface area contributed by atoms with Gasteiger partial charge in [0.1, 0.15) is 18.4 Å². The van der Waals surface area contributed by atoms with E-state index in [2.05, 4.69) is 15.4 Å². The molecule has 0 aliphatic heterocycles. The fourth-order valence-electron chi connectivity index (χ4n) is 2.49. The highest BCUT2D eigenvalue weighted by molar-refractivity contribution is 5.92. The van der Waals surface area contributed by atoms with Crippen molar-refractivity contribution in [1.29, 1.82) is 0 Å². The fourth-order valence-corrected chi connectivity index (χ4v) is 2.49. The van der Waals surface area contributed by atoms with Crippen LogP contribution in [0.5, 0.6) is 5.75 Å². The Bertz CT molecular complexity index is 869. The number of benzene rings is 2. The molecule has 0 aliphatic carbocycles. The molecule has 0 radical (unpaired) electrons. The molecule has 6 nitrogen and oxygen atoms in total. The van der Waals surface area contributed by atoms with Gasteiger partial charge in [-0.1, -0.05) is 24.3 Å². The summed E-state index contributed by atoms with van der Waals surface area (Å²) in [5.41, 5.74) is 2.87. The Balaban J connectivity index is 1.58. The van der Waals surface area contributed by atoms with E-state index in [-0.39, 0.29) is 11.9 Å². The van der Waals surface area contributed by atoms with Crippen molar-refractivity contribution >= 4 is 12.0 Å². The topological polar surface area (TPSA) is 69.0 Å². The average molecular weight is 348 g/mol. The second-order valence-electron chi connectivity index (χ2n) is 5.77. The first-order chi connectivity index (χ1) is 12.7. The van der Waals surface area contributed by atoms with Gasteiger partial charge in [-0.25, -0.2) is 9.67 Å². The summed E-state index contributed by atoms with van der Waals surface area (Å²) in [6.45, 7) is 1.95. The van der Waals surface area contributed by atoms with Crippen molar-refractivity contribution in [2.45, 2.75) is 13.0 Å². The first-order valence-electron chi connectivity index (χ1n) is 8.23. The molecule has 1 amide bonds. The summed E-state index contributed by atoms with van der Waals surface area (Å²) in [5.74, 6) is 0.642. The van der Waals surface area contributed by atoms with Crippen LogP contribution < -0.4 is 10.1 Å². The van der Waals surface area contributed by atoms with Crippen molar-refractivity contribution in [1.82, 2.24) is 20.1 Å². The molecule has 0 spiro atoms. The van der Waals surface area contributed by atoms with Crippen LogP contribution in [-0.2, 0) is 4.79 Å². The first kappa shape index (κ1) is 17.4. The molecule has 3 rings (SSSR count). The molecule has 2 aromatic carbocycles. The normalized spacial score (nSPS) is 12.1. The largest absolute Gasteiger partial charge is 0.497 e. The van der Waals surface area contributed by atoms with Gasteiger partial charge in [-0.15, -0.1) is 0 Å². The third-order valence-corrected chi connectivity index (χ3v) is 3.98. The van der Waals surface area contributed by atoms with Crippen molar-refractivity contribution in [3.63, 3.8) is 0 Å². The van der Waals surface area contributed by atoms with E-state index in [4.69, 9.17) is 4.74 Å². The monoisotopic (exact) mass is 348 g/mol. The van der Waals surface area contributed by atoms with E-state index in [0.29, 0.717) is 0 Å². The third kappa shape index (κ3) is 4.36. The molecule has 132 valence electrons. The van der Waals surface area contributed by atoms with Crippen LogP contribution >= 0.6 is 0 Å². The zero-order valence-electron chi connectivity index (χ0n) is 14.7. The molecule has 1 aromatic heterocycles. The summed E-state index contributed by atoms with van der Waals surface area (Å²) in [4.78, 5) is 16.1. The van der Waals surface area contributed by atoms with Crippen LogP contribution in [0.2, 0.25) is 0 Å². The van der Waals surface area contributed by atoms with Crippen molar-refractivity contribution in [2.24, 2.45) is 0 Å². The molecular formula is C20H20N4O2. The van der Waals surface area contributed by atoms with Crippen molar-refractivity contribution in [3.05, 3.63) is 78.4 Å². The van der Waals surface area contributed by atoms with Gasteiger partial charge in [0.2, 0.25) is 5.91 Å². The summed E-state index contributed by atoms with van der Waals surface area (Å²) in [7, 11) is 1.62. The number of hydrogen-bond acceptors (Lipinski definition) is 4. The lowest BCUT2D eigenvalue weighted by Gasteiger charge is -2.13. The van der Waals surface area contributed by atoms with Gasteiger partial charge >= 0.3 is 0 Å². The second kappa shape index (κ2) is 8.11. The molecule has 0 saturated carbocycles. The maximum atomic E-state index is 12.1. The molecule has 1 N–H and O–H groups in total. The number of carbonyl (C=O) groups is 1. The van der Waals surface area contributed by atoms with Crippen LogP contribution in [0.25, 0.3) is 11.8 Å². The molecule has 0 saturated heterocycles. The standard InChI is InChI=1S/C20H20N4O2/c1-15(17-6-8-18(9-7-17)24-14-21-13-22-24)23-20(25)12-5-16-3-10-19(26-2)11-4-16/h3-15H,1-2H3,(H,23,25)/b12-5+. The number of amides is 1. The van der Waals surface area contributed by atoms with Crippen molar-refractivity contribution in [2.75, 3.05) is 7.11 Å². The quantitative estimate of drug-likeness (QED) is 0.695. The number of nitrogens with zero attached hydrogens (tertiary/aromatic N) is 3. The Morgan fingerprint density at radius 1 is 1.15 bits per heavy atom. The third-order valence-electron chi connectivity index (χ3n) is 3.98. The summed E-state index contributed by atoms with van der Waals surface area (Å²) in [5, 5.41) is 7.05. The number of nitrogens with one attached hydrogen (secondary N) is 1. The molecule has 26 heavy (non-hydrogen) atoms. The van der Waals surface area contributed by atoms with Crippen LogP contribution in [0.1, 0.15) is 24.1 Å². The van der Waals surface area contributed by atoms with Crippen LogP contribution in [0.15, 0.2) is 67.3 Å². The lowest BCUT2D eigenvalue weighted by molar-refractivity contribution is -0.117. The maximum absolute atomic E-state index is 12.1. The number of ether oxygens (including phenoxy) is 1. The lowest BCUT2D eigenvalue weighted by Crippen LogP contribution is -2.24. The number of rotatable bonds is 6. The van der Waals surface area contributed by atoms with Gasteiger partial charge < -0.3 is 10.1 Å². The van der Waals surface area contributed by atoms with E-state index in [1.54, 1.807) is 24.2 Å². The molecular weight excluding hydrogens is 328 g/mol. The van der Waals surface area contributed by atoms with Gasteiger partial charge in [0.25, 0.3) is 0 Å². The Labute approximate surface area is 152 Å². The highest BCUT2D eigenvalue weighted by Crippen LogP contribution is 2.16.